The van der Waals surface area contributed by atoms with Crippen molar-refractivity contribution >= 4 is 5.96 Å². The van der Waals surface area contributed by atoms with Gasteiger partial charge in [0, 0.05) is 45.1 Å². The molecule has 128 valence electrons. The lowest BCUT2D eigenvalue weighted by atomic mass is 10.1. The third-order valence-electron chi connectivity index (χ3n) is 3.58. The van der Waals surface area contributed by atoms with Gasteiger partial charge in [-0.05, 0) is 30.2 Å². The first-order valence-electron chi connectivity index (χ1n) is 8.31. The van der Waals surface area contributed by atoms with Crippen LogP contribution in [0.1, 0.15) is 23.7 Å². The van der Waals surface area contributed by atoms with Crippen LogP contribution in [0.15, 0.2) is 53.7 Å². The zero-order chi connectivity index (χ0) is 17.0. The molecule has 0 amide bonds. The Labute approximate surface area is 144 Å². The van der Waals surface area contributed by atoms with Crippen molar-refractivity contribution in [3.8, 4) is 0 Å². The van der Waals surface area contributed by atoms with Gasteiger partial charge in [-0.1, -0.05) is 30.3 Å². The lowest BCUT2D eigenvalue weighted by Gasteiger charge is -2.12. The van der Waals surface area contributed by atoms with E-state index in [1.807, 2.05) is 31.3 Å². The van der Waals surface area contributed by atoms with Crippen LogP contribution in [0.5, 0.6) is 0 Å². The average molecular weight is 326 g/mol. The summed E-state index contributed by atoms with van der Waals surface area (Å²) in [5.74, 6) is 0.796. The van der Waals surface area contributed by atoms with Crippen molar-refractivity contribution in [2.45, 2.75) is 26.5 Å². The number of guanidine groups is 1. The zero-order valence-electron chi connectivity index (χ0n) is 14.5. The minimum absolute atomic E-state index is 0.668. The van der Waals surface area contributed by atoms with Gasteiger partial charge in [-0.15, -0.1) is 0 Å². The number of aromatic nitrogens is 1. The molecule has 2 rings (SSSR count). The number of hydrogen-bond donors (Lipinski definition) is 2. The normalized spacial score (nSPS) is 11.3. The summed E-state index contributed by atoms with van der Waals surface area (Å²) in [5, 5.41) is 6.63. The van der Waals surface area contributed by atoms with Crippen molar-refractivity contribution in [2.24, 2.45) is 4.99 Å². The fourth-order valence-electron chi connectivity index (χ4n) is 2.23. The fourth-order valence-corrected chi connectivity index (χ4v) is 2.23. The molecule has 0 aliphatic rings. The third-order valence-corrected chi connectivity index (χ3v) is 3.58. The van der Waals surface area contributed by atoms with Crippen LogP contribution in [-0.4, -0.2) is 31.1 Å². The number of benzene rings is 1. The summed E-state index contributed by atoms with van der Waals surface area (Å²) >= 11 is 0. The van der Waals surface area contributed by atoms with Crippen LogP contribution in [-0.2, 0) is 24.3 Å². The lowest BCUT2D eigenvalue weighted by molar-refractivity contribution is 0.134. The standard InChI is InChI=1S/C19H26N4O/c1-3-24-15-17-9-7-16(8-10-17)14-23-19(20-2)22-13-11-18-6-4-5-12-21-18/h4-10,12H,3,11,13-15H2,1-2H3,(H2,20,22,23). The minimum Gasteiger partial charge on any atom is -0.377 e. The molecular weight excluding hydrogens is 300 g/mol. The predicted molar refractivity (Wildman–Crippen MR) is 97.9 cm³/mol. The maximum absolute atomic E-state index is 5.41. The van der Waals surface area contributed by atoms with E-state index < -0.39 is 0 Å². The van der Waals surface area contributed by atoms with Crippen LogP contribution < -0.4 is 10.6 Å². The van der Waals surface area contributed by atoms with Crippen LogP contribution in [0.2, 0.25) is 0 Å². The second-order valence-corrected chi connectivity index (χ2v) is 5.38. The van der Waals surface area contributed by atoms with E-state index in [9.17, 15) is 0 Å². The average Bonchev–Trinajstić information content (AvgIpc) is 2.64. The summed E-state index contributed by atoms with van der Waals surface area (Å²) in [4.78, 5) is 8.56. The number of nitrogens with zero attached hydrogens (tertiary/aromatic N) is 2. The first-order valence-corrected chi connectivity index (χ1v) is 8.31. The van der Waals surface area contributed by atoms with E-state index >= 15 is 0 Å². The van der Waals surface area contributed by atoms with Crippen LogP contribution in [0, 0.1) is 0 Å². The van der Waals surface area contributed by atoms with Crippen molar-refractivity contribution < 1.29 is 4.74 Å². The second kappa shape index (κ2) is 10.4. The number of pyridine rings is 1. The van der Waals surface area contributed by atoms with E-state index in [2.05, 4.69) is 44.9 Å². The largest absolute Gasteiger partial charge is 0.377 e. The predicted octanol–water partition coefficient (Wildman–Crippen LogP) is 2.53. The molecular formula is C19H26N4O. The van der Waals surface area contributed by atoms with Crippen LogP contribution in [0.4, 0.5) is 0 Å². The van der Waals surface area contributed by atoms with E-state index in [4.69, 9.17) is 4.74 Å². The van der Waals surface area contributed by atoms with Crippen molar-refractivity contribution in [3.05, 3.63) is 65.5 Å². The Morgan fingerprint density at radius 2 is 1.88 bits per heavy atom. The van der Waals surface area contributed by atoms with E-state index in [1.54, 1.807) is 7.05 Å². The van der Waals surface area contributed by atoms with Gasteiger partial charge in [-0.3, -0.25) is 9.98 Å². The Balaban J connectivity index is 1.73. The summed E-state index contributed by atoms with van der Waals surface area (Å²) < 4.78 is 5.41. The van der Waals surface area contributed by atoms with Gasteiger partial charge < -0.3 is 15.4 Å². The van der Waals surface area contributed by atoms with Gasteiger partial charge in [0.1, 0.15) is 0 Å². The molecule has 0 radical (unpaired) electrons. The molecule has 0 spiro atoms. The molecule has 1 heterocycles. The van der Waals surface area contributed by atoms with Gasteiger partial charge in [0.05, 0.1) is 6.61 Å². The molecule has 5 heteroatoms. The smallest absolute Gasteiger partial charge is 0.191 e. The van der Waals surface area contributed by atoms with Gasteiger partial charge in [0.25, 0.3) is 0 Å². The molecule has 0 aliphatic heterocycles. The number of nitrogens with one attached hydrogen (secondary N) is 2. The molecule has 0 fully saturated rings. The van der Waals surface area contributed by atoms with Gasteiger partial charge in [-0.2, -0.15) is 0 Å². The summed E-state index contributed by atoms with van der Waals surface area (Å²) in [6, 6.07) is 14.4. The maximum atomic E-state index is 5.41. The van der Waals surface area contributed by atoms with Crippen molar-refractivity contribution in [3.63, 3.8) is 0 Å². The van der Waals surface area contributed by atoms with E-state index in [1.165, 1.54) is 11.1 Å². The molecule has 2 N–H and O–H groups in total. The molecule has 0 aliphatic carbocycles. The Morgan fingerprint density at radius 3 is 2.54 bits per heavy atom. The highest BCUT2D eigenvalue weighted by molar-refractivity contribution is 5.79. The van der Waals surface area contributed by atoms with Gasteiger partial charge in [0.15, 0.2) is 5.96 Å². The van der Waals surface area contributed by atoms with Gasteiger partial charge >= 0.3 is 0 Å². The van der Waals surface area contributed by atoms with E-state index in [-0.39, 0.29) is 0 Å². The summed E-state index contributed by atoms with van der Waals surface area (Å²) in [5.41, 5.74) is 3.48. The minimum atomic E-state index is 0.668. The van der Waals surface area contributed by atoms with Crippen molar-refractivity contribution in [1.82, 2.24) is 15.6 Å². The highest BCUT2D eigenvalue weighted by atomic mass is 16.5. The topological polar surface area (TPSA) is 58.5 Å². The van der Waals surface area contributed by atoms with Gasteiger partial charge in [-0.25, -0.2) is 0 Å². The first-order chi connectivity index (χ1) is 11.8. The summed E-state index contributed by atoms with van der Waals surface area (Å²) in [6.07, 6.45) is 2.69. The molecule has 24 heavy (non-hydrogen) atoms. The van der Waals surface area contributed by atoms with Crippen molar-refractivity contribution in [2.75, 3.05) is 20.2 Å². The summed E-state index contributed by atoms with van der Waals surface area (Å²) in [7, 11) is 1.78. The highest BCUT2D eigenvalue weighted by Crippen LogP contribution is 2.05. The molecule has 0 bridgehead atoms. The second-order valence-electron chi connectivity index (χ2n) is 5.38. The molecule has 5 nitrogen and oxygen atoms in total. The number of hydrogen-bond acceptors (Lipinski definition) is 3. The number of aliphatic imine (C=N–C) groups is 1. The Bertz CT molecular complexity index is 611. The van der Waals surface area contributed by atoms with Gasteiger partial charge in [0.2, 0.25) is 0 Å². The van der Waals surface area contributed by atoms with Crippen LogP contribution >= 0.6 is 0 Å². The SMILES string of the molecule is CCOCc1ccc(CNC(=NC)NCCc2ccccn2)cc1. The van der Waals surface area contributed by atoms with Crippen LogP contribution in [0.25, 0.3) is 0 Å². The molecule has 0 saturated heterocycles. The Morgan fingerprint density at radius 1 is 1.08 bits per heavy atom. The van der Waals surface area contributed by atoms with E-state index in [0.717, 1.165) is 37.8 Å². The molecule has 0 atom stereocenters. The van der Waals surface area contributed by atoms with E-state index in [0.29, 0.717) is 6.61 Å². The Kier molecular flexibility index (Phi) is 7.77. The molecule has 1 aromatic carbocycles. The Hall–Kier alpha value is -2.40. The molecule has 0 unspecified atom stereocenters. The lowest BCUT2D eigenvalue weighted by Crippen LogP contribution is -2.37. The molecule has 0 saturated carbocycles. The zero-order valence-corrected chi connectivity index (χ0v) is 14.5. The highest BCUT2D eigenvalue weighted by Gasteiger charge is 2.00. The van der Waals surface area contributed by atoms with Crippen molar-refractivity contribution in [1.29, 1.82) is 0 Å². The summed E-state index contributed by atoms with van der Waals surface area (Å²) in [6.45, 7) is 4.94. The maximum Gasteiger partial charge on any atom is 0.191 e. The first kappa shape index (κ1) is 17.9. The monoisotopic (exact) mass is 326 g/mol. The third kappa shape index (κ3) is 6.38. The number of rotatable bonds is 8. The van der Waals surface area contributed by atoms with Crippen LogP contribution in [0.3, 0.4) is 0 Å². The quantitative estimate of drug-likeness (QED) is 0.578. The number of ether oxygens (including phenoxy) is 1. The fraction of sp³-hybridized carbons (Fsp3) is 0.368. The molecule has 2 aromatic rings. The molecule has 1 aromatic heterocycles.